The molecule has 2 saturated heterocycles. The number of hydrogen-bond donors (Lipinski definition) is 2. The van der Waals surface area contributed by atoms with Crippen molar-refractivity contribution < 1.29 is 32.9 Å². The van der Waals surface area contributed by atoms with Crippen LogP contribution in [0.1, 0.15) is 115 Å². The molecule has 3 aromatic heterocycles. The molecule has 2 amide bonds. The van der Waals surface area contributed by atoms with Gasteiger partial charge in [0, 0.05) is 35.2 Å². The minimum atomic E-state index is -0.635. The number of nitrogens with zero attached hydrogens (tertiary/aromatic N) is 5. The maximum atomic E-state index is 16.8. The molecule has 3 aromatic carbocycles. The fourth-order valence-electron chi connectivity index (χ4n) is 9.31. The van der Waals surface area contributed by atoms with E-state index in [0.29, 0.717) is 59.6 Å². The maximum absolute atomic E-state index is 16.8. The fourth-order valence-corrected chi connectivity index (χ4v) is 9.31. The number of benzene rings is 3. The Balaban J connectivity index is 1.01. The summed E-state index contributed by atoms with van der Waals surface area (Å²) in [5, 5.41) is 0.897. The standard InChI is InChI=1S/C48H52FN7O6/c1-47(2,3)61-45(57)54-17-7-11-36(54)42-50-25-33(52-42)28-15-16-35-31(20-28)22-38-41-32(49)21-30(34-26-51-43(53-34)37-12-8-18-55(37)46(58)62-48(4,5)6)24-40(41)60-44(56(35)38)29-14-13-27-10-9-19-59-39(27)23-29/h13-16,20-26,36-37,44H,7-12,17-19H2,1-6H3,(H,50,52)(H,51,53)/t36-,37-,44?/m0/s1. The molecule has 0 aliphatic carbocycles. The molecular formula is C48H52FN7O6. The van der Waals surface area contributed by atoms with Gasteiger partial charge >= 0.3 is 12.2 Å². The van der Waals surface area contributed by atoms with Crippen LogP contribution in [0.15, 0.2) is 67.0 Å². The first-order valence-corrected chi connectivity index (χ1v) is 21.7. The lowest BCUT2D eigenvalue weighted by atomic mass is 10.0. The summed E-state index contributed by atoms with van der Waals surface area (Å²) in [5.74, 6) is 2.13. The van der Waals surface area contributed by atoms with Crippen LogP contribution in [0.2, 0.25) is 0 Å². The molecule has 62 heavy (non-hydrogen) atoms. The predicted molar refractivity (Wildman–Crippen MR) is 231 cm³/mol. The average molecular weight is 842 g/mol. The minimum Gasteiger partial charge on any atom is -0.493 e. The summed E-state index contributed by atoms with van der Waals surface area (Å²) in [6, 6.07) is 17.3. The van der Waals surface area contributed by atoms with Crippen LogP contribution in [0.25, 0.3) is 44.7 Å². The molecule has 0 spiro atoms. The molecule has 4 aliphatic heterocycles. The molecule has 6 aromatic rings. The number of H-pyrrole nitrogens is 2. The van der Waals surface area contributed by atoms with Crippen LogP contribution in [0.4, 0.5) is 14.0 Å². The molecule has 3 atom stereocenters. The van der Waals surface area contributed by atoms with Crippen LogP contribution in [-0.2, 0) is 15.9 Å². The number of fused-ring (bicyclic) bond motifs is 6. The van der Waals surface area contributed by atoms with Crippen LogP contribution >= 0.6 is 0 Å². The SMILES string of the molecule is CC(C)(C)OC(=O)N1CCC[C@H]1c1ncc(-c2cc(F)c3c(c2)OC(c2ccc4c(c2)OCCC4)n2c-3cc3cc(-c4cnc([C@@H]5CCCN5C(=O)OC(C)(C)C)[nH]4)ccc32)[nH]1. The Labute approximate surface area is 359 Å². The molecule has 322 valence electrons. The summed E-state index contributed by atoms with van der Waals surface area (Å²) in [6.45, 7) is 13.0. The first-order chi connectivity index (χ1) is 29.7. The van der Waals surface area contributed by atoms with Gasteiger partial charge in [-0.2, -0.15) is 0 Å². The molecule has 14 heteroatoms. The number of nitrogens with one attached hydrogen (secondary N) is 2. The smallest absolute Gasteiger partial charge is 0.410 e. The van der Waals surface area contributed by atoms with Crippen molar-refractivity contribution >= 4 is 23.1 Å². The topological polar surface area (TPSA) is 140 Å². The number of amides is 2. The quantitative estimate of drug-likeness (QED) is 0.175. The second-order valence-electron chi connectivity index (χ2n) is 18.8. The summed E-state index contributed by atoms with van der Waals surface area (Å²) in [7, 11) is 0. The van der Waals surface area contributed by atoms with E-state index in [1.807, 2.05) is 71.9 Å². The van der Waals surface area contributed by atoms with Crippen LogP contribution < -0.4 is 9.47 Å². The number of aromatic nitrogens is 5. The molecule has 4 aliphatic rings. The highest BCUT2D eigenvalue weighted by molar-refractivity contribution is 5.92. The molecule has 10 rings (SSSR count). The number of aromatic amines is 2. The normalized spacial score (nSPS) is 19.8. The summed E-state index contributed by atoms with van der Waals surface area (Å²) in [6.07, 6.45) is 7.24. The van der Waals surface area contributed by atoms with E-state index >= 15 is 4.39 Å². The summed E-state index contributed by atoms with van der Waals surface area (Å²) < 4.78 is 43.3. The highest BCUT2D eigenvalue weighted by atomic mass is 19.1. The lowest BCUT2D eigenvalue weighted by Gasteiger charge is -2.31. The zero-order valence-electron chi connectivity index (χ0n) is 36.0. The number of rotatable bonds is 5. The minimum absolute atomic E-state index is 0.213. The van der Waals surface area contributed by atoms with Gasteiger partial charge < -0.3 is 33.5 Å². The van der Waals surface area contributed by atoms with Gasteiger partial charge in [0.05, 0.1) is 59.2 Å². The van der Waals surface area contributed by atoms with E-state index in [1.165, 1.54) is 6.07 Å². The van der Waals surface area contributed by atoms with Gasteiger partial charge in [0.15, 0.2) is 0 Å². The number of imidazole rings is 2. The molecule has 1 unspecified atom stereocenters. The van der Waals surface area contributed by atoms with Gasteiger partial charge in [-0.25, -0.2) is 23.9 Å². The molecule has 2 fully saturated rings. The van der Waals surface area contributed by atoms with Crippen LogP contribution in [0.3, 0.4) is 0 Å². The van der Waals surface area contributed by atoms with Crippen LogP contribution in [-0.4, -0.2) is 77.4 Å². The highest BCUT2D eigenvalue weighted by Gasteiger charge is 2.37. The Morgan fingerprint density at radius 1 is 0.758 bits per heavy atom. The van der Waals surface area contributed by atoms with Crippen molar-refractivity contribution in [2.45, 2.75) is 110 Å². The first-order valence-electron chi connectivity index (χ1n) is 21.7. The van der Waals surface area contributed by atoms with Crippen molar-refractivity contribution in [2.75, 3.05) is 19.7 Å². The van der Waals surface area contributed by atoms with E-state index in [9.17, 15) is 9.59 Å². The number of likely N-dealkylation sites (tertiary alicyclic amines) is 2. The third kappa shape index (κ3) is 7.32. The lowest BCUT2D eigenvalue weighted by Crippen LogP contribution is -2.36. The largest absolute Gasteiger partial charge is 0.493 e. The fraction of sp³-hybridized carbons (Fsp3) is 0.417. The van der Waals surface area contributed by atoms with Crippen molar-refractivity contribution in [3.63, 3.8) is 0 Å². The third-order valence-electron chi connectivity index (χ3n) is 12.1. The zero-order valence-corrected chi connectivity index (χ0v) is 36.0. The molecule has 7 heterocycles. The van der Waals surface area contributed by atoms with Crippen molar-refractivity contribution in [3.8, 4) is 45.3 Å². The van der Waals surface area contributed by atoms with Gasteiger partial charge in [0.25, 0.3) is 0 Å². The van der Waals surface area contributed by atoms with E-state index in [1.54, 1.807) is 22.2 Å². The van der Waals surface area contributed by atoms with Gasteiger partial charge in [-0.1, -0.05) is 18.2 Å². The molecule has 0 radical (unpaired) electrons. The van der Waals surface area contributed by atoms with Gasteiger partial charge in [-0.3, -0.25) is 9.80 Å². The van der Waals surface area contributed by atoms with Crippen molar-refractivity contribution in [2.24, 2.45) is 0 Å². The van der Waals surface area contributed by atoms with Crippen molar-refractivity contribution in [3.05, 3.63) is 95.6 Å². The summed E-state index contributed by atoms with van der Waals surface area (Å²) in [5.41, 5.74) is 5.62. The lowest BCUT2D eigenvalue weighted by molar-refractivity contribution is 0.0208. The third-order valence-corrected chi connectivity index (χ3v) is 12.1. The average Bonchev–Trinajstić information content (AvgIpc) is 4.07. The predicted octanol–water partition coefficient (Wildman–Crippen LogP) is 10.6. The molecule has 13 nitrogen and oxygen atoms in total. The van der Waals surface area contributed by atoms with Crippen LogP contribution in [0, 0.1) is 5.82 Å². The number of carbonyl (C=O) groups is 2. The van der Waals surface area contributed by atoms with Crippen molar-refractivity contribution in [1.29, 1.82) is 0 Å². The van der Waals surface area contributed by atoms with Gasteiger partial charge in [0.2, 0.25) is 6.23 Å². The summed E-state index contributed by atoms with van der Waals surface area (Å²) >= 11 is 0. The number of carbonyl (C=O) groups excluding carboxylic acids is 2. The van der Waals surface area contributed by atoms with E-state index in [2.05, 4.69) is 37.7 Å². The Kier molecular flexibility index (Phi) is 9.60. The maximum Gasteiger partial charge on any atom is 0.410 e. The Bertz CT molecular complexity index is 2720. The summed E-state index contributed by atoms with van der Waals surface area (Å²) in [4.78, 5) is 45.9. The first kappa shape index (κ1) is 39.8. The Morgan fingerprint density at radius 3 is 2.05 bits per heavy atom. The number of ether oxygens (including phenoxy) is 4. The molecular weight excluding hydrogens is 790 g/mol. The monoisotopic (exact) mass is 841 g/mol. The van der Waals surface area contributed by atoms with Crippen molar-refractivity contribution in [1.82, 2.24) is 34.3 Å². The van der Waals surface area contributed by atoms with E-state index < -0.39 is 23.2 Å². The zero-order chi connectivity index (χ0) is 43.1. The van der Waals surface area contributed by atoms with Gasteiger partial charge in [-0.05, 0) is 122 Å². The van der Waals surface area contributed by atoms with Gasteiger partial charge in [-0.15, -0.1) is 0 Å². The molecule has 0 bridgehead atoms. The second-order valence-corrected chi connectivity index (χ2v) is 18.8. The Morgan fingerprint density at radius 2 is 1.40 bits per heavy atom. The Hall–Kier alpha value is -6.31. The molecule has 0 saturated carbocycles. The second kappa shape index (κ2) is 14.9. The van der Waals surface area contributed by atoms with Crippen LogP contribution in [0.5, 0.6) is 11.5 Å². The molecule has 2 N–H and O–H groups in total. The van der Waals surface area contributed by atoms with E-state index in [0.717, 1.165) is 77.6 Å². The van der Waals surface area contributed by atoms with E-state index in [-0.39, 0.29) is 24.3 Å². The van der Waals surface area contributed by atoms with Gasteiger partial charge in [0.1, 0.15) is 40.2 Å². The number of hydrogen-bond acceptors (Lipinski definition) is 8. The van der Waals surface area contributed by atoms with E-state index in [4.69, 9.17) is 23.9 Å². The number of aryl methyl sites for hydroxylation is 1. The highest BCUT2D eigenvalue weighted by Crippen LogP contribution is 2.48. The number of halogens is 1.